The first-order valence-electron chi connectivity index (χ1n) is 6.69. The zero-order chi connectivity index (χ0) is 14.4. The van der Waals surface area contributed by atoms with Gasteiger partial charge in [-0.05, 0) is 18.8 Å². The summed E-state index contributed by atoms with van der Waals surface area (Å²) >= 11 is 0. The number of hydrogen-bond acceptors (Lipinski definition) is 4. The average molecular weight is 277 g/mol. The molecule has 1 aliphatic heterocycles. The van der Waals surface area contributed by atoms with Gasteiger partial charge in [0.1, 0.15) is 5.69 Å². The van der Waals surface area contributed by atoms with Crippen LogP contribution in [0, 0.1) is 17.8 Å². The topological polar surface area (TPSA) is 103 Å². The molecule has 7 nitrogen and oxygen atoms in total. The lowest BCUT2D eigenvalue weighted by molar-refractivity contribution is -0.123. The zero-order valence-electron chi connectivity index (χ0n) is 11.0. The molecule has 2 atom stereocenters. The lowest BCUT2D eigenvalue weighted by atomic mass is 10.00. The first-order chi connectivity index (χ1) is 9.52. The second kappa shape index (κ2) is 4.43. The number of H-pyrrole nitrogens is 1. The number of amides is 2. The van der Waals surface area contributed by atoms with Crippen LogP contribution in [0.5, 0.6) is 0 Å². The fraction of sp³-hybridized carbons (Fsp3) is 0.538. The molecule has 20 heavy (non-hydrogen) atoms. The largest absolute Gasteiger partial charge is 0.477 e. The number of carboxylic acid groups (broad SMARTS) is 1. The van der Waals surface area contributed by atoms with Crippen molar-refractivity contribution in [3.8, 4) is 0 Å². The maximum atomic E-state index is 12.3. The van der Waals surface area contributed by atoms with Crippen LogP contribution in [0.25, 0.3) is 0 Å². The van der Waals surface area contributed by atoms with Gasteiger partial charge in [0, 0.05) is 6.07 Å². The van der Waals surface area contributed by atoms with E-state index in [0.717, 1.165) is 24.2 Å². The summed E-state index contributed by atoms with van der Waals surface area (Å²) in [6, 6.07) is 1.22. The maximum absolute atomic E-state index is 12.3. The molecule has 1 saturated carbocycles. The van der Waals surface area contributed by atoms with Gasteiger partial charge in [-0.2, -0.15) is 5.10 Å². The molecule has 0 spiro atoms. The van der Waals surface area contributed by atoms with Crippen LogP contribution in [0.3, 0.4) is 0 Å². The van der Waals surface area contributed by atoms with Gasteiger partial charge in [-0.15, -0.1) is 0 Å². The normalized spacial score (nSPS) is 29.1. The number of rotatable bonds is 3. The van der Waals surface area contributed by atoms with Gasteiger partial charge in [0.25, 0.3) is 0 Å². The third kappa shape index (κ3) is 1.73. The van der Waals surface area contributed by atoms with E-state index in [9.17, 15) is 14.4 Å². The van der Waals surface area contributed by atoms with Gasteiger partial charge in [-0.3, -0.25) is 14.7 Å². The number of aromatic amines is 1. The number of carbonyl (C=O) groups is 3. The molecule has 3 rings (SSSR count). The molecule has 0 bridgehead atoms. The van der Waals surface area contributed by atoms with Crippen molar-refractivity contribution >= 4 is 23.6 Å². The molecule has 0 aromatic carbocycles. The van der Waals surface area contributed by atoms with Crippen molar-refractivity contribution in [2.24, 2.45) is 17.8 Å². The number of aromatic nitrogens is 2. The molecule has 2 heterocycles. The van der Waals surface area contributed by atoms with Crippen LogP contribution < -0.4 is 4.90 Å². The van der Waals surface area contributed by atoms with Crippen molar-refractivity contribution < 1.29 is 19.5 Å². The third-order valence-corrected chi connectivity index (χ3v) is 4.34. The molecule has 1 aromatic rings. The fourth-order valence-electron chi connectivity index (χ4n) is 3.22. The minimum Gasteiger partial charge on any atom is -0.477 e. The summed E-state index contributed by atoms with van der Waals surface area (Å²) in [5, 5.41) is 14.9. The number of fused-ring (bicyclic) bond motifs is 1. The maximum Gasteiger partial charge on any atom is 0.353 e. The van der Waals surface area contributed by atoms with E-state index in [4.69, 9.17) is 5.11 Å². The molecule has 0 radical (unpaired) electrons. The van der Waals surface area contributed by atoms with Crippen molar-refractivity contribution in [1.82, 2.24) is 10.2 Å². The van der Waals surface area contributed by atoms with Crippen LogP contribution in [-0.2, 0) is 9.59 Å². The quantitative estimate of drug-likeness (QED) is 0.803. The number of anilines is 1. The molecule has 2 N–H and O–H groups in total. The molecule has 1 aliphatic carbocycles. The number of carbonyl (C=O) groups excluding carboxylic acids is 2. The van der Waals surface area contributed by atoms with E-state index < -0.39 is 5.97 Å². The second-order valence-electron chi connectivity index (χ2n) is 5.42. The van der Waals surface area contributed by atoms with Gasteiger partial charge < -0.3 is 5.11 Å². The molecule has 106 valence electrons. The van der Waals surface area contributed by atoms with E-state index in [2.05, 4.69) is 17.1 Å². The smallest absolute Gasteiger partial charge is 0.353 e. The average Bonchev–Trinajstić information content (AvgIpc) is 3.08. The first-order valence-corrected chi connectivity index (χ1v) is 6.69. The Morgan fingerprint density at radius 3 is 2.45 bits per heavy atom. The van der Waals surface area contributed by atoms with Gasteiger partial charge >= 0.3 is 5.97 Å². The van der Waals surface area contributed by atoms with E-state index in [1.807, 2.05) is 0 Å². The lowest BCUT2D eigenvalue weighted by Crippen LogP contribution is -2.32. The minimum atomic E-state index is -1.17. The van der Waals surface area contributed by atoms with Crippen LogP contribution >= 0.6 is 0 Å². The van der Waals surface area contributed by atoms with Crippen molar-refractivity contribution in [3.63, 3.8) is 0 Å². The number of carboxylic acids is 1. The molecule has 7 heteroatoms. The summed E-state index contributed by atoms with van der Waals surface area (Å²) in [4.78, 5) is 36.5. The van der Waals surface area contributed by atoms with Gasteiger partial charge in [0.15, 0.2) is 5.82 Å². The highest BCUT2D eigenvalue weighted by Gasteiger charge is 2.53. The van der Waals surface area contributed by atoms with Crippen LogP contribution in [0.2, 0.25) is 0 Å². The summed E-state index contributed by atoms with van der Waals surface area (Å²) in [7, 11) is 0. The molecular weight excluding hydrogens is 262 g/mol. The monoisotopic (exact) mass is 277 g/mol. The summed E-state index contributed by atoms with van der Waals surface area (Å²) in [6.07, 6.45) is 2.44. The first kappa shape index (κ1) is 12.8. The summed E-state index contributed by atoms with van der Waals surface area (Å²) in [5.41, 5.74) is -0.135. The molecule has 1 saturated heterocycles. The van der Waals surface area contributed by atoms with E-state index in [1.165, 1.54) is 6.07 Å². The van der Waals surface area contributed by atoms with Gasteiger partial charge in [-0.25, -0.2) is 9.69 Å². The fourth-order valence-corrected chi connectivity index (χ4v) is 3.22. The Bertz CT molecular complexity index is 570. The molecule has 1 aromatic heterocycles. The Labute approximate surface area is 115 Å². The lowest BCUT2D eigenvalue weighted by Gasteiger charge is -2.14. The highest BCUT2D eigenvalue weighted by molar-refractivity contribution is 6.22. The number of nitrogens with one attached hydrogen (secondary N) is 1. The van der Waals surface area contributed by atoms with Crippen molar-refractivity contribution in [3.05, 3.63) is 11.8 Å². The van der Waals surface area contributed by atoms with Gasteiger partial charge in [0.05, 0.1) is 11.8 Å². The van der Waals surface area contributed by atoms with E-state index in [1.54, 1.807) is 0 Å². The predicted octanol–water partition coefficient (Wildman–Crippen LogP) is 1.03. The molecular formula is C13H15N3O4. The Kier molecular flexibility index (Phi) is 2.84. The Hall–Kier alpha value is -2.18. The summed E-state index contributed by atoms with van der Waals surface area (Å²) < 4.78 is 0. The number of aromatic carboxylic acids is 1. The SMILES string of the molecule is CCC1CC2C(=O)N(c3cc(C(=O)O)[nH]n3)C(=O)C2C1. The highest BCUT2D eigenvalue weighted by atomic mass is 16.4. The molecule has 2 amide bonds. The standard InChI is InChI=1S/C13H15N3O4/c1-2-6-3-7-8(4-6)12(18)16(11(7)17)10-5-9(13(19)20)14-15-10/h5-8H,2-4H2,1H3,(H,14,15)(H,19,20). The van der Waals surface area contributed by atoms with Crippen LogP contribution in [0.4, 0.5) is 5.82 Å². The number of hydrogen-bond donors (Lipinski definition) is 2. The van der Waals surface area contributed by atoms with E-state index in [0.29, 0.717) is 5.92 Å². The van der Waals surface area contributed by atoms with Crippen LogP contribution in [0.1, 0.15) is 36.7 Å². The van der Waals surface area contributed by atoms with E-state index in [-0.39, 0.29) is 35.2 Å². The van der Waals surface area contributed by atoms with Crippen molar-refractivity contribution in [2.45, 2.75) is 26.2 Å². The number of nitrogens with zero attached hydrogens (tertiary/aromatic N) is 2. The van der Waals surface area contributed by atoms with Crippen molar-refractivity contribution in [2.75, 3.05) is 4.90 Å². The van der Waals surface area contributed by atoms with Crippen LogP contribution in [-0.4, -0.2) is 33.1 Å². The minimum absolute atomic E-state index is 0.0832. The van der Waals surface area contributed by atoms with E-state index >= 15 is 0 Å². The molecule has 2 aliphatic rings. The Morgan fingerprint density at radius 2 is 2.00 bits per heavy atom. The molecule has 2 fully saturated rings. The predicted molar refractivity (Wildman–Crippen MR) is 68.0 cm³/mol. The Balaban J connectivity index is 1.87. The molecule has 2 unspecified atom stereocenters. The highest BCUT2D eigenvalue weighted by Crippen LogP contribution is 2.45. The zero-order valence-corrected chi connectivity index (χ0v) is 11.0. The third-order valence-electron chi connectivity index (χ3n) is 4.34. The Morgan fingerprint density at radius 1 is 1.40 bits per heavy atom. The van der Waals surface area contributed by atoms with Crippen LogP contribution in [0.15, 0.2) is 6.07 Å². The summed E-state index contributed by atoms with van der Waals surface area (Å²) in [6.45, 7) is 2.06. The van der Waals surface area contributed by atoms with Gasteiger partial charge in [-0.1, -0.05) is 13.3 Å². The van der Waals surface area contributed by atoms with Gasteiger partial charge in [0.2, 0.25) is 11.8 Å². The second-order valence-corrected chi connectivity index (χ2v) is 5.42. The number of imide groups is 1. The van der Waals surface area contributed by atoms with Crippen molar-refractivity contribution in [1.29, 1.82) is 0 Å². The summed E-state index contributed by atoms with van der Waals surface area (Å²) in [5.74, 6) is -1.70.